The van der Waals surface area contributed by atoms with E-state index in [1.807, 2.05) is 6.92 Å². The molecule has 4 nitrogen and oxygen atoms in total. The van der Waals surface area contributed by atoms with Crippen molar-refractivity contribution in [1.82, 2.24) is 9.88 Å². The maximum atomic E-state index is 13.2. The molecule has 1 aliphatic rings. The molecule has 0 amide bonds. The summed E-state index contributed by atoms with van der Waals surface area (Å²) in [6.45, 7) is 4.95. The van der Waals surface area contributed by atoms with E-state index in [0.717, 1.165) is 25.3 Å². The number of hydrogen-bond donors (Lipinski definition) is 1. The maximum Gasteiger partial charge on any atom is 0.420 e. The average molecular weight is 430 g/mol. The molecule has 162 valence electrons. The van der Waals surface area contributed by atoms with Crippen molar-refractivity contribution < 1.29 is 17.9 Å². The minimum absolute atomic E-state index is 0.131. The molecule has 1 aromatic heterocycles. The van der Waals surface area contributed by atoms with Crippen LogP contribution in [-0.2, 0) is 6.18 Å². The summed E-state index contributed by atoms with van der Waals surface area (Å²) in [6, 6.07) is 3.97. The van der Waals surface area contributed by atoms with E-state index >= 15 is 0 Å². The lowest BCUT2D eigenvalue weighted by Gasteiger charge is -2.20. The monoisotopic (exact) mass is 429 g/mol. The fourth-order valence-corrected chi connectivity index (χ4v) is 3.50. The molecule has 0 radical (unpaired) electrons. The third-order valence-electron chi connectivity index (χ3n) is 4.55. The number of nitrogens with one attached hydrogen (secondary N) is 1. The normalized spacial score (nSPS) is 14.8. The van der Waals surface area contributed by atoms with Gasteiger partial charge in [-0.15, -0.1) is 11.3 Å². The predicted octanol–water partition coefficient (Wildman–Crippen LogP) is 6.58. The second-order valence-corrected chi connectivity index (χ2v) is 7.99. The SMILES string of the molecule is CCCCCOc1ccc(Nc2nccs2)cc1C(F)(F)F.CN1CCCCC1. The van der Waals surface area contributed by atoms with Gasteiger partial charge in [0, 0.05) is 17.3 Å². The molecule has 2 heterocycles. The van der Waals surface area contributed by atoms with Gasteiger partial charge in [-0.1, -0.05) is 26.2 Å². The molecule has 0 spiro atoms. The second kappa shape index (κ2) is 12.0. The maximum absolute atomic E-state index is 13.2. The Hall–Kier alpha value is -1.80. The molecule has 1 fully saturated rings. The molecule has 3 rings (SSSR count). The summed E-state index contributed by atoms with van der Waals surface area (Å²) in [5.74, 6) is -0.131. The Balaban J connectivity index is 0.000000360. The number of alkyl halides is 3. The van der Waals surface area contributed by atoms with Gasteiger partial charge in [0.1, 0.15) is 5.75 Å². The quantitative estimate of drug-likeness (QED) is 0.505. The number of rotatable bonds is 7. The Labute approximate surface area is 175 Å². The molecule has 1 saturated heterocycles. The predicted molar refractivity (Wildman–Crippen MR) is 113 cm³/mol. The van der Waals surface area contributed by atoms with Crippen LogP contribution in [-0.4, -0.2) is 36.6 Å². The van der Waals surface area contributed by atoms with E-state index in [1.54, 1.807) is 17.6 Å². The molecule has 1 aliphatic heterocycles. The number of piperidine rings is 1. The highest BCUT2D eigenvalue weighted by atomic mass is 32.1. The Bertz CT molecular complexity index is 702. The van der Waals surface area contributed by atoms with E-state index < -0.39 is 11.7 Å². The highest BCUT2D eigenvalue weighted by Crippen LogP contribution is 2.38. The summed E-state index contributed by atoms with van der Waals surface area (Å²) < 4.78 is 44.8. The zero-order valence-corrected chi connectivity index (χ0v) is 17.9. The first kappa shape index (κ1) is 23.5. The smallest absolute Gasteiger partial charge is 0.420 e. The van der Waals surface area contributed by atoms with Crippen molar-refractivity contribution in [2.45, 2.75) is 51.6 Å². The van der Waals surface area contributed by atoms with Gasteiger partial charge in [-0.2, -0.15) is 13.2 Å². The van der Waals surface area contributed by atoms with E-state index in [-0.39, 0.29) is 12.4 Å². The van der Waals surface area contributed by atoms with Crippen LogP contribution in [0.4, 0.5) is 24.0 Å². The van der Waals surface area contributed by atoms with Crippen LogP contribution < -0.4 is 10.1 Å². The number of likely N-dealkylation sites (tertiary alicyclic amines) is 1. The third-order valence-corrected chi connectivity index (χ3v) is 5.24. The van der Waals surface area contributed by atoms with Gasteiger partial charge in [-0.25, -0.2) is 4.98 Å². The number of hydrogen-bond acceptors (Lipinski definition) is 5. The van der Waals surface area contributed by atoms with Crippen LogP contribution in [0.3, 0.4) is 0 Å². The first-order valence-electron chi connectivity index (χ1n) is 10.1. The van der Waals surface area contributed by atoms with Crippen LogP contribution in [0.25, 0.3) is 0 Å². The van der Waals surface area contributed by atoms with Gasteiger partial charge in [0.15, 0.2) is 5.13 Å². The van der Waals surface area contributed by atoms with Gasteiger partial charge in [-0.3, -0.25) is 0 Å². The molecule has 0 atom stereocenters. The van der Waals surface area contributed by atoms with Gasteiger partial charge in [0.2, 0.25) is 0 Å². The number of anilines is 2. The van der Waals surface area contributed by atoms with Gasteiger partial charge in [0.25, 0.3) is 0 Å². The molecule has 8 heteroatoms. The zero-order valence-electron chi connectivity index (χ0n) is 17.1. The van der Waals surface area contributed by atoms with Crippen molar-refractivity contribution in [2.75, 3.05) is 32.1 Å². The molecular weight excluding hydrogens is 399 g/mol. The summed E-state index contributed by atoms with van der Waals surface area (Å²) in [5, 5.41) is 5.15. The lowest BCUT2D eigenvalue weighted by atomic mass is 10.1. The first-order chi connectivity index (χ1) is 13.9. The summed E-state index contributed by atoms with van der Waals surface area (Å²) in [4.78, 5) is 6.38. The van der Waals surface area contributed by atoms with E-state index in [0.29, 0.717) is 10.8 Å². The van der Waals surface area contributed by atoms with E-state index in [9.17, 15) is 13.2 Å². The van der Waals surface area contributed by atoms with Gasteiger partial charge in [-0.05, 0) is 57.6 Å². The van der Waals surface area contributed by atoms with Gasteiger partial charge < -0.3 is 15.0 Å². The number of ether oxygens (including phenoxy) is 1. The van der Waals surface area contributed by atoms with Crippen LogP contribution in [0.15, 0.2) is 29.8 Å². The number of thiazole rings is 1. The van der Waals surface area contributed by atoms with Crippen LogP contribution in [0.2, 0.25) is 0 Å². The molecule has 0 aliphatic carbocycles. The Morgan fingerprint density at radius 1 is 1.17 bits per heavy atom. The van der Waals surface area contributed by atoms with Crippen molar-refractivity contribution in [1.29, 1.82) is 0 Å². The van der Waals surface area contributed by atoms with Crippen molar-refractivity contribution in [3.05, 3.63) is 35.3 Å². The average Bonchev–Trinajstić information content (AvgIpc) is 3.19. The van der Waals surface area contributed by atoms with Crippen LogP contribution in [0.5, 0.6) is 5.75 Å². The lowest BCUT2D eigenvalue weighted by molar-refractivity contribution is -0.138. The third kappa shape index (κ3) is 8.62. The topological polar surface area (TPSA) is 37.4 Å². The standard InChI is InChI=1S/C15H17F3N2OS.C6H13N/c1-2-3-4-8-21-13-6-5-11(10-12(13)15(16,17)18)20-14-19-7-9-22-14;1-7-5-3-2-4-6-7/h5-7,9-10H,2-4,8H2,1H3,(H,19,20);2-6H2,1H3. The lowest BCUT2D eigenvalue weighted by Crippen LogP contribution is -2.24. The Kier molecular flexibility index (Phi) is 9.73. The van der Waals surface area contributed by atoms with E-state index in [4.69, 9.17) is 4.74 Å². The Morgan fingerprint density at radius 2 is 1.93 bits per heavy atom. The Morgan fingerprint density at radius 3 is 2.48 bits per heavy atom. The first-order valence-corrected chi connectivity index (χ1v) is 11.0. The molecule has 0 saturated carbocycles. The molecule has 1 N–H and O–H groups in total. The minimum atomic E-state index is -4.46. The number of aromatic nitrogens is 1. The van der Waals surface area contributed by atoms with Crippen molar-refractivity contribution in [2.24, 2.45) is 0 Å². The highest BCUT2D eigenvalue weighted by molar-refractivity contribution is 7.13. The molecule has 2 aromatic rings. The molecule has 0 bridgehead atoms. The summed E-state index contributed by atoms with van der Waals surface area (Å²) in [7, 11) is 2.19. The molecule has 0 unspecified atom stereocenters. The number of nitrogens with zero attached hydrogens (tertiary/aromatic N) is 2. The van der Waals surface area contributed by atoms with Crippen LogP contribution >= 0.6 is 11.3 Å². The van der Waals surface area contributed by atoms with Gasteiger partial charge >= 0.3 is 6.18 Å². The van der Waals surface area contributed by atoms with Crippen molar-refractivity contribution in [3.8, 4) is 5.75 Å². The summed E-state index contributed by atoms with van der Waals surface area (Å²) >= 11 is 1.32. The van der Waals surface area contributed by atoms with Crippen LogP contribution in [0.1, 0.15) is 51.0 Å². The van der Waals surface area contributed by atoms with Crippen molar-refractivity contribution >= 4 is 22.2 Å². The number of halogens is 3. The van der Waals surface area contributed by atoms with E-state index in [1.165, 1.54) is 49.8 Å². The summed E-state index contributed by atoms with van der Waals surface area (Å²) in [5.41, 5.74) is -0.436. The van der Waals surface area contributed by atoms with Gasteiger partial charge in [0.05, 0.1) is 12.2 Å². The van der Waals surface area contributed by atoms with Crippen molar-refractivity contribution in [3.63, 3.8) is 0 Å². The molecule has 1 aromatic carbocycles. The molecule has 29 heavy (non-hydrogen) atoms. The number of unbranched alkanes of at least 4 members (excludes halogenated alkanes) is 2. The fraction of sp³-hybridized carbons (Fsp3) is 0.571. The summed E-state index contributed by atoms with van der Waals surface area (Å²) in [6.07, 6.45) is 4.07. The number of benzene rings is 1. The fourth-order valence-electron chi connectivity index (χ4n) is 2.95. The second-order valence-electron chi connectivity index (χ2n) is 7.09. The largest absolute Gasteiger partial charge is 0.493 e. The highest BCUT2D eigenvalue weighted by Gasteiger charge is 2.34. The van der Waals surface area contributed by atoms with Crippen LogP contribution in [0, 0.1) is 0 Å². The minimum Gasteiger partial charge on any atom is -0.493 e. The molecular formula is C21H30F3N3OS. The zero-order chi connectivity index (χ0) is 21.1. The van der Waals surface area contributed by atoms with E-state index in [2.05, 4.69) is 22.2 Å².